The Bertz CT molecular complexity index is 1160. The number of ether oxygens (including phenoxy) is 1. The molecule has 0 saturated heterocycles. The average Bonchev–Trinajstić information content (AvgIpc) is 3.28. The molecule has 7 heteroatoms. The van der Waals surface area contributed by atoms with Gasteiger partial charge < -0.3 is 9.15 Å². The van der Waals surface area contributed by atoms with E-state index in [9.17, 15) is 9.59 Å². The average molecular weight is 413 g/mol. The Hall–Kier alpha value is -4.26. The Morgan fingerprint density at radius 1 is 0.774 bits per heavy atom. The Morgan fingerprint density at radius 3 is 2.06 bits per heavy atom. The van der Waals surface area contributed by atoms with Gasteiger partial charge in [-0.3, -0.25) is 14.9 Å². The molecule has 3 aromatic carbocycles. The quantitative estimate of drug-likeness (QED) is 0.458. The van der Waals surface area contributed by atoms with Gasteiger partial charge >= 0.3 is 12.0 Å². The normalized spacial score (nSPS) is 10.5. The molecule has 1 amide bonds. The first-order chi connectivity index (χ1) is 15.2. The third-order valence-electron chi connectivity index (χ3n) is 4.47. The number of nitrogens with one attached hydrogen (secondary N) is 1. The molecular weight excluding hydrogens is 394 g/mol. The molecule has 0 aliphatic carbocycles. The summed E-state index contributed by atoms with van der Waals surface area (Å²) in [4.78, 5) is 24.1. The van der Waals surface area contributed by atoms with E-state index in [1.165, 1.54) is 0 Å². The minimum atomic E-state index is -0.559. The van der Waals surface area contributed by atoms with Crippen LogP contribution in [0.25, 0.3) is 22.6 Å². The molecule has 0 aliphatic rings. The summed E-state index contributed by atoms with van der Waals surface area (Å²) < 4.78 is 10.4. The lowest BCUT2D eigenvalue weighted by Gasteiger charge is -2.06. The molecular formula is C24H19N3O4. The number of nitrogens with zero attached hydrogens (tertiary/aromatic N) is 2. The highest BCUT2D eigenvalue weighted by Gasteiger charge is 2.13. The van der Waals surface area contributed by atoms with Crippen LogP contribution in [0.3, 0.4) is 0 Å². The van der Waals surface area contributed by atoms with Crippen LogP contribution in [-0.2, 0) is 20.7 Å². The molecule has 0 unspecified atom stereocenters. The summed E-state index contributed by atoms with van der Waals surface area (Å²) >= 11 is 0. The second-order valence-electron chi connectivity index (χ2n) is 6.73. The van der Waals surface area contributed by atoms with E-state index < -0.39 is 18.5 Å². The first-order valence-corrected chi connectivity index (χ1v) is 9.66. The molecule has 1 aromatic heterocycles. The van der Waals surface area contributed by atoms with Crippen LogP contribution in [0, 0.1) is 0 Å². The molecule has 0 spiro atoms. The molecule has 0 aliphatic heterocycles. The Balaban J connectivity index is 1.25. The molecule has 0 atom stereocenters. The lowest BCUT2D eigenvalue weighted by molar-refractivity contribution is -0.146. The number of amides is 1. The number of aromatic nitrogens is 2. The van der Waals surface area contributed by atoms with Crippen molar-refractivity contribution in [3.63, 3.8) is 0 Å². The van der Waals surface area contributed by atoms with E-state index in [0.717, 1.165) is 22.3 Å². The van der Waals surface area contributed by atoms with E-state index in [4.69, 9.17) is 9.15 Å². The number of benzene rings is 3. The number of esters is 1. The largest absolute Gasteiger partial charge is 0.455 e. The van der Waals surface area contributed by atoms with E-state index in [1.807, 2.05) is 84.9 Å². The van der Waals surface area contributed by atoms with Gasteiger partial charge in [-0.1, -0.05) is 77.9 Å². The van der Waals surface area contributed by atoms with Gasteiger partial charge in [-0.05, 0) is 28.8 Å². The van der Waals surface area contributed by atoms with Crippen LogP contribution in [-0.4, -0.2) is 28.7 Å². The Labute approximate surface area is 178 Å². The van der Waals surface area contributed by atoms with Crippen molar-refractivity contribution in [1.29, 1.82) is 0 Å². The number of hydrogen-bond acceptors (Lipinski definition) is 6. The van der Waals surface area contributed by atoms with Gasteiger partial charge in [0.15, 0.2) is 6.61 Å². The van der Waals surface area contributed by atoms with Crippen molar-refractivity contribution in [3.05, 3.63) is 90.5 Å². The van der Waals surface area contributed by atoms with Gasteiger partial charge in [0.1, 0.15) is 0 Å². The minimum absolute atomic E-state index is 0.0589. The van der Waals surface area contributed by atoms with Crippen LogP contribution < -0.4 is 5.32 Å². The standard InChI is InChI=1S/C24H19N3O4/c28-21(25-24-27-26-23(31-24)20-9-5-2-6-10-20)16-30-22(29)15-17-11-13-19(14-12-17)18-7-3-1-4-8-18/h1-14H,15-16H2,(H,25,27,28). The molecule has 4 rings (SSSR count). The summed E-state index contributed by atoms with van der Waals surface area (Å²) in [7, 11) is 0. The van der Waals surface area contributed by atoms with E-state index in [2.05, 4.69) is 15.5 Å². The summed E-state index contributed by atoms with van der Waals surface area (Å²) in [6.45, 7) is -0.440. The monoisotopic (exact) mass is 413 g/mol. The van der Waals surface area contributed by atoms with E-state index >= 15 is 0 Å². The third-order valence-corrected chi connectivity index (χ3v) is 4.47. The molecule has 7 nitrogen and oxygen atoms in total. The van der Waals surface area contributed by atoms with Gasteiger partial charge in [0.05, 0.1) is 6.42 Å². The molecule has 0 bridgehead atoms. The predicted molar refractivity (Wildman–Crippen MR) is 115 cm³/mol. The fraction of sp³-hybridized carbons (Fsp3) is 0.0833. The first kappa shape index (κ1) is 20.0. The topological polar surface area (TPSA) is 94.3 Å². The SMILES string of the molecule is O=C(COC(=O)Cc1ccc(-c2ccccc2)cc1)Nc1nnc(-c2ccccc2)o1. The second-order valence-corrected chi connectivity index (χ2v) is 6.73. The van der Waals surface area contributed by atoms with Gasteiger partial charge in [0.25, 0.3) is 5.91 Å². The molecule has 4 aromatic rings. The maximum absolute atomic E-state index is 12.1. The lowest BCUT2D eigenvalue weighted by Crippen LogP contribution is -2.21. The summed E-state index contributed by atoms with van der Waals surface area (Å²) in [5.74, 6) is -0.777. The van der Waals surface area contributed by atoms with Crippen LogP contribution >= 0.6 is 0 Å². The molecule has 1 heterocycles. The van der Waals surface area contributed by atoms with E-state index in [1.54, 1.807) is 0 Å². The summed E-state index contributed by atoms with van der Waals surface area (Å²) in [6, 6.07) is 26.7. The van der Waals surface area contributed by atoms with Crippen molar-refractivity contribution in [1.82, 2.24) is 10.2 Å². The summed E-state index contributed by atoms with van der Waals surface area (Å²) in [6.07, 6.45) is 0.0705. The van der Waals surface area contributed by atoms with Gasteiger partial charge in [0.2, 0.25) is 5.89 Å². The van der Waals surface area contributed by atoms with Crippen LogP contribution in [0.2, 0.25) is 0 Å². The van der Waals surface area contributed by atoms with Gasteiger partial charge in [-0.15, -0.1) is 5.10 Å². The van der Waals surface area contributed by atoms with Gasteiger partial charge in [0, 0.05) is 5.56 Å². The molecule has 0 fully saturated rings. The minimum Gasteiger partial charge on any atom is -0.455 e. The van der Waals surface area contributed by atoms with Crippen molar-refractivity contribution in [2.24, 2.45) is 0 Å². The van der Waals surface area contributed by atoms with Crippen molar-refractivity contribution >= 4 is 17.9 Å². The van der Waals surface area contributed by atoms with Crippen molar-refractivity contribution in [3.8, 4) is 22.6 Å². The fourth-order valence-corrected chi connectivity index (χ4v) is 2.94. The van der Waals surface area contributed by atoms with E-state index in [-0.39, 0.29) is 18.3 Å². The molecule has 0 radical (unpaired) electrons. The molecule has 0 saturated carbocycles. The highest BCUT2D eigenvalue weighted by atomic mass is 16.5. The molecule has 31 heavy (non-hydrogen) atoms. The maximum atomic E-state index is 12.1. The second kappa shape index (κ2) is 9.49. The zero-order valence-electron chi connectivity index (χ0n) is 16.5. The predicted octanol–water partition coefficient (Wildman–Crippen LogP) is 4.13. The molecule has 1 N–H and O–H groups in total. The smallest absolute Gasteiger partial charge is 0.322 e. The number of anilines is 1. The van der Waals surface area contributed by atoms with Gasteiger partial charge in [-0.25, -0.2) is 0 Å². The third kappa shape index (κ3) is 5.42. The summed E-state index contributed by atoms with van der Waals surface area (Å²) in [5.41, 5.74) is 3.70. The van der Waals surface area contributed by atoms with Crippen LogP contribution in [0.1, 0.15) is 5.56 Å². The van der Waals surface area contributed by atoms with Crippen LogP contribution in [0.15, 0.2) is 89.3 Å². The van der Waals surface area contributed by atoms with Crippen molar-refractivity contribution in [2.45, 2.75) is 6.42 Å². The van der Waals surface area contributed by atoms with Crippen LogP contribution in [0.5, 0.6) is 0 Å². The first-order valence-electron chi connectivity index (χ1n) is 9.66. The lowest BCUT2D eigenvalue weighted by atomic mass is 10.0. The van der Waals surface area contributed by atoms with Crippen LogP contribution in [0.4, 0.5) is 6.01 Å². The highest BCUT2D eigenvalue weighted by Crippen LogP contribution is 2.20. The number of carbonyl (C=O) groups is 2. The zero-order valence-corrected chi connectivity index (χ0v) is 16.5. The maximum Gasteiger partial charge on any atom is 0.322 e. The zero-order chi connectivity index (χ0) is 21.5. The van der Waals surface area contributed by atoms with Gasteiger partial charge in [-0.2, -0.15) is 0 Å². The molecule has 154 valence electrons. The van der Waals surface area contributed by atoms with E-state index in [0.29, 0.717) is 0 Å². The van der Waals surface area contributed by atoms with Crippen molar-refractivity contribution in [2.75, 3.05) is 11.9 Å². The number of hydrogen-bond donors (Lipinski definition) is 1. The summed E-state index contributed by atoms with van der Waals surface area (Å²) in [5, 5.41) is 10.1. The Kier molecular flexibility index (Phi) is 6.13. The number of carbonyl (C=O) groups excluding carboxylic acids is 2. The number of rotatable bonds is 7. The highest BCUT2D eigenvalue weighted by molar-refractivity contribution is 5.91. The van der Waals surface area contributed by atoms with Crippen molar-refractivity contribution < 1.29 is 18.7 Å². The fourth-order valence-electron chi connectivity index (χ4n) is 2.94. The Morgan fingerprint density at radius 2 is 1.39 bits per heavy atom.